The fourth-order valence-corrected chi connectivity index (χ4v) is 0.912. The van der Waals surface area contributed by atoms with Crippen LogP contribution in [0.25, 0.3) is 5.57 Å². The maximum Gasteiger partial charge on any atom is 0.338 e. The van der Waals surface area contributed by atoms with Gasteiger partial charge < -0.3 is 10.8 Å². The number of hydrogen-bond donors (Lipinski definition) is 2. The van der Waals surface area contributed by atoms with Crippen LogP contribution in [0.2, 0.25) is 0 Å². The highest BCUT2D eigenvalue weighted by molar-refractivity contribution is 7.09. The molecule has 0 saturated heterocycles. The Balaban J connectivity index is 2.94. The molecule has 1 aromatic heterocycles. The van der Waals surface area contributed by atoms with Crippen molar-refractivity contribution in [1.82, 2.24) is 9.36 Å². The molecule has 0 aliphatic rings. The lowest BCUT2D eigenvalue weighted by Gasteiger charge is -1.89. The minimum absolute atomic E-state index is 0.0833. The second-order valence-electron chi connectivity index (χ2n) is 1.74. The molecule has 1 heterocycles. The molecular weight excluding hydrogens is 166 g/mol. The molecule has 0 fully saturated rings. The van der Waals surface area contributed by atoms with Gasteiger partial charge in [0.25, 0.3) is 0 Å². The first kappa shape index (κ1) is 7.67. The molecule has 0 aromatic carbocycles. The van der Waals surface area contributed by atoms with E-state index in [0.717, 1.165) is 11.5 Å². The zero-order chi connectivity index (χ0) is 8.43. The van der Waals surface area contributed by atoms with E-state index in [9.17, 15) is 4.79 Å². The summed E-state index contributed by atoms with van der Waals surface area (Å²) in [6, 6.07) is 0. The lowest BCUT2D eigenvalue weighted by Crippen LogP contribution is -1.99. The first-order chi connectivity index (χ1) is 5.11. The summed E-state index contributed by atoms with van der Waals surface area (Å²) in [4.78, 5) is 13.9. The van der Waals surface area contributed by atoms with Gasteiger partial charge in [-0.25, -0.2) is 4.79 Å². The predicted molar refractivity (Wildman–Crippen MR) is 41.0 cm³/mol. The summed E-state index contributed by atoms with van der Waals surface area (Å²) >= 11 is 0.943. The summed E-state index contributed by atoms with van der Waals surface area (Å²) in [6.07, 6.45) is 0. The zero-order valence-corrected chi connectivity index (χ0v) is 6.26. The first-order valence-electron chi connectivity index (χ1n) is 2.63. The number of aromatic nitrogens is 2. The molecule has 5 nitrogen and oxygen atoms in total. The third-order valence-corrected chi connectivity index (χ3v) is 1.51. The number of carboxylic acids is 1. The Labute approximate surface area is 66.4 Å². The number of nitrogen functional groups attached to an aromatic ring is 1. The lowest BCUT2D eigenvalue weighted by atomic mass is 10.3. The molecule has 0 bridgehead atoms. The standard InChI is InChI=1S/C5H5N3O2S/c1-2(4(9)10)3-7-5(6)11-8-3/h1H2,(H,9,10)(H2,6,7,8). The topological polar surface area (TPSA) is 89.1 Å². The number of aliphatic carboxylic acids is 1. The van der Waals surface area contributed by atoms with Crippen molar-refractivity contribution in [2.75, 3.05) is 5.73 Å². The summed E-state index contributed by atoms with van der Waals surface area (Å²) in [7, 11) is 0. The number of carbonyl (C=O) groups is 1. The van der Waals surface area contributed by atoms with Gasteiger partial charge in [0.1, 0.15) is 0 Å². The van der Waals surface area contributed by atoms with Crippen molar-refractivity contribution in [2.45, 2.75) is 0 Å². The van der Waals surface area contributed by atoms with E-state index in [2.05, 4.69) is 15.9 Å². The summed E-state index contributed by atoms with van der Waals surface area (Å²) in [6.45, 7) is 3.26. The largest absolute Gasteiger partial charge is 0.478 e. The monoisotopic (exact) mass is 171 g/mol. The Morgan fingerprint density at radius 1 is 1.73 bits per heavy atom. The average Bonchev–Trinajstić information content (AvgIpc) is 2.34. The number of anilines is 1. The second kappa shape index (κ2) is 2.67. The van der Waals surface area contributed by atoms with Crippen molar-refractivity contribution < 1.29 is 9.90 Å². The van der Waals surface area contributed by atoms with Crippen LogP contribution < -0.4 is 5.73 Å². The molecule has 0 saturated carbocycles. The Morgan fingerprint density at radius 3 is 2.73 bits per heavy atom. The van der Waals surface area contributed by atoms with E-state index in [1.165, 1.54) is 0 Å². The van der Waals surface area contributed by atoms with Crippen LogP contribution >= 0.6 is 11.5 Å². The molecule has 0 atom stereocenters. The van der Waals surface area contributed by atoms with Crippen molar-refractivity contribution in [1.29, 1.82) is 0 Å². The third-order valence-electron chi connectivity index (χ3n) is 0.970. The number of nitrogens with two attached hydrogens (primary N) is 1. The van der Waals surface area contributed by atoms with Crippen LogP contribution in [0.4, 0.5) is 5.13 Å². The Morgan fingerprint density at radius 2 is 2.36 bits per heavy atom. The highest BCUT2D eigenvalue weighted by Gasteiger charge is 2.11. The van der Waals surface area contributed by atoms with Crippen molar-refractivity contribution >= 4 is 28.2 Å². The van der Waals surface area contributed by atoms with Gasteiger partial charge in [0.2, 0.25) is 0 Å². The summed E-state index contributed by atoms with van der Waals surface area (Å²) < 4.78 is 3.66. The zero-order valence-electron chi connectivity index (χ0n) is 5.44. The van der Waals surface area contributed by atoms with Gasteiger partial charge in [0, 0.05) is 11.5 Å². The van der Waals surface area contributed by atoms with Crippen molar-refractivity contribution in [3.63, 3.8) is 0 Å². The fraction of sp³-hybridized carbons (Fsp3) is 0. The van der Waals surface area contributed by atoms with Crippen LogP contribution in [-0.4, -0.2) is 20.4 Å². The van der Waals surface area contributed by atoms with Crippen LogP contribution in [0.1, 0.15) is 5.82 Å². The molecular formula is C5H5N3O2S. The summed E-state index contributed by atoms with van der Waals surface area (Å²) in [5, 5.41) is 8.67. The molecule has 0 radical (unpaired) electrons. The molecule has 1 rings (SSSR count). The first-order valence-corrected chi connectivity index (χ1v) is 3.40. The van der Waals surface area contributed by atoms with Crippen LogP contribution in [0, 0.1) is 0 Å². The highest BCUT2D eigenvalue weighted by atomic mass is 32.1. The SMILES string of the molecule is C=C(C(=O)O)c1nsc(N)n1. The van der Waals surface area contributed by atoms with Gasteiger partial charge in [0.05, 0.1) is 5.57 Å². The predicted octanol–water partition coefficient (Wildman–Crippen LogP) is 0.218. The van der Waals surface area contributed by atoms with Crippen LogP contribution in [0.5, 0.6) is 0 Å². The van der Waals surface area contributed by atoms with Crippen LogP contribution in [-0.2, 0) is 4.79 Å². The highest BCUT2D eigenvalue weighted by Crippen LogP contribution is 2.12. The van der Waals surface area contributed by atoms with Crippen molar-refractivity contribution in [3.8, 4) is 0 Å². The van der Waals surface area contributed by atoms with Gasteiger partial charge >= 0.3 is 5.97 Å². The lowest BCUT2D eigenvalue weighted by molar-refractivity contribution is -0.130. The van der Waals surface area contributed by atoms with Gasteiger partial charge in [-0.15, -0.1) is 0 Å². The van der Waals surface area contributed by atoms with Crippen molar-refractivity contribution in [3.05, 3.63) is 12.4 Å². The Hall–Kier alpha value is -1.43. The van der Waals surface area contributed by atoms with Gasteiger partial charge in [-0.3, -0.25) is 0 Å². The van der Waals surface area contributed by atoms with E-state index in [1.807, 2.05) is 0 Å². The maximum absolute atomic E-state index is 10.3. The van der Waals surface area contributed by atoms with E-state index >= 15 is 0 Å². The minimum atomic E-state index is -1.14. The minimum Gasteiger partial charge on any atom is -0.478 e. The normalized spacial score (nSPS) is 9.45. The van der Waals surface area contributed by atoms with Gasteiger partial charge in [-0.2, -0.15) is 9.36 Å². The summed E-state index contributed by atoms with van der Waals surface area (Å²) in [5.41, 5.74) is 5.09. The average molecular weight is 171 g/mol. The molecule has 58 valence electrons. The van der Waals surface area contributed by atoms with E-state index < -0.39 is 5.97 Å². The van der Waals surface area contributed by atoms with E-state index in [1.54, 1.807) is 0 Å². The molecule has 3 N–H and O–H groups in total. The molecule has 11 heavy (non-hydrogen) atoms. The molecule has 0 spiro atoms. The number of nitrogens with zero attached hydrogens (tertiary/aromatic N) is 2. The van der Waals surface area contributed by atoms with E-state index in [-0.39, 0.29) is 16.5 Å². The fourth-order valence-electron chi connectivity index (χ4n) is 0.453. The smallest absolute Gasteiger partial charge is 0.338 e. The third kappa shape index (κ3) is 1.53. The Kier molecular flexibility index (Phi) is 1.86. The van der Waals surface area contributed by atoms with E-state index in [0.29, 0.717) is 0 Å². The van der Waals surface area contributed by atoms with Gasteiger partial charge in [-0.1, -0.05) is 6.58 Å². The number of rotatable bonds is 2. The van der Waals surface area contributed by atoms with Gasteiger partial charge in [0.15, 0.2) is 11.0 Å². The molecule has 6 heteroatoms. The van der Waals surface area contributed by atoms with E-state index in [4.69, 9.17) is 10.8 Å². The molecule has 0 unspecified atom stereocenters. The van der Waals surface area contributed by atoms with Crippen LogP contribution in [0.3, 0.4) is 0 Å². The van der Waals surface area contributed by atoms with Gasteiger partial charge in [-0.05, 0) is 0 Å². The van der Waals surface area contributed by atoms with Crippen molar-refractivity contribution in [2.24, 2.45) is 0 Å². The molecule has 0 aliphatic carbocycles. The Bertz CT molecular complexity index is 306. The maximum atomic E-state index is 10.3. The number of hydrogen-bond acceptors (Lipinski definition) is 5. The quantitative estimate of drug-likeness (QED) is 0.621. The molecule has 0 amide bonds. The van der Waals surface area contributed by atoms with Crippen LogP contribution in [0.15, 0.2) is 6.58 Å². The molecule has 0 aliphatic heterocycles. The second-order valence-corrected chi connectivity index (χ2v) is 2.52. The molecule has 1 aromatic rings. The summed E-state index contributed by atoms with van der Waals surface area (Å²) in [5.74, 6) is -1.05. The number of carboxylic acid groups (broad SMARTS) is 1.